The van der Waals surface area contributed by atoms with Crippen molar-refractivity contribution in [1.82, 2.24) is 34.3 Å². The van der Waals surface area contributed by atoms with E-state index in [1.54, 1.807) is 0 Å². The fourth-order valence-corrected chi connectivity index (χ4v) is 10.3. The number of likely N-dealkylation sites (tertiary alicyclic amines) is 1. The van der Waals surface area contributed by atoms with Crippen LogP contribution in [-0.2, 0) is 33.4 Å². The first kappa shape index (κ1) is 44.5. The zero-order chi connectivity index (χ0) is 43.0. The SMILES string of the molecule is CNc1nn(C)c2cc(C3CCN(Cc4cccc(SN5CCC(Nc6ncc7c(n6)NC(=O)C76CC6)CC5)c4)C(C)(C)C3)ccc12.O=CCCNC=O.OC1CCCCC1. The number of benzene rings is 2. The maximum absolute atomic E-state index is 12.3. The minimum Gasteiger partial charge on any atom is -0.393 e. The maximum atomic E-state index is 12.3. The van der Waals surface area contributed by atoms with Gasteiger partial charge in [-0.1, -0.05) is 37.5 Å². The van der Waals surface area contributed by atoms with Gasteiger partial charge in [0.25, 0.3) is 0 Å². The Labute approximate surface area is 364 Å². The average Bonchev–Trinajstić information content (AvgIpc) is 3.94. The topological polar surface area (TPSA) is 170 Å². The monoisotopic (exact) mass is 852 g/mol. The molecule has 0 radical (unpaired) electrons. The third-order valence-electron chi connectivity index (χ3n) is 13.0. The normalized spacial score (nSPS) is 21.0. The molecule has 2 aliphatic carbocycles. The second kappa shape index (κ2) is 20.1. The lowest BCUT2D eigenvalue weighted by atomic mass is 9.78. The smallest absolute Gasteiger partial charge is 0.236 e. The first-order chi connectivity index (χ1) is 29.5. The van der Waals surface area contributed by atoms with Gasteiger partial charge in [0.15, 0.2) is 5.82 Å². The van der Waals surface area contributed by atoms with Crippen molar-refractivity contribution in [2.45, 2.75) is 131 Å². The molecule has 2 saturated carbocycles. The number of aliphatic hydroxyl groups excluding tert-OH is 1. The van der Waals surface area contributed by atoms with Crippen LogP contribution >= 0.6 is 11.9 Å². The Morgan fingerprint density at radius 2 is 1.79 bits per heavy atom. The van der Waals surface area contributed by atoms with Gasteiger partial charge >= 0.3 is 0 Å². The molecule has 2 aromatic heterocycles. The van der Waals surface area contributed by atoms with Crippen LogP contribution in [0.3, 0.4) is 0 Å². The molecule has 1 atom stereocenters. The van der Waals surface area contributed by atoms with Crippen LogP contribution < -0.4 is 21.3 Å². The van der Waals surface area contributed by atoms with Crippen LogP contribution in [0.2, 0.25) is 0 Å². The van der Waals surface area contributed by atoms with Gasteiger partial charge in [-0.05, 0) is 125 Å². The number of nitrogens with zero attached hydrogens (tertiary/aromatic N) is 6. The Kier molecular flexibility index (Phi) is 14.6. The van der Waals surface area contributed by atoms with E-state index in [0.717, 1.165) is 95.2 Å². The van der Waals surface area contributed by atoms with Gasteiger partial charge in [-0.15, -0.1) is 0 Å². The summed E-state index contributed by atoms with van der Waals surface area (Å²) in [5.74, 6) is 2.88. The number of carbonyl (C=O) groups is 3. The van der Waals surface area contributed by atoms with Crippen molar-refractivity contribution < 1.29 is 19.5 Å². The maximum Gasteiger partial charge on any atom is 0.236 e. The van der Waals surface area contributed by atoms with E-state index >= 15 is 0 Å². The molecule has 5 N–H and O–H groups in total. The molecule has 3 aliphatic heterocycles. The summed E-state index contributed by atoms with van der Waals surface area (Å²) in [5.41, 5.74) is 4.73. The third-order valence-corrected chi connectivity index (χ3v) is 14.1. The summed E-state index contributed by atoms with van der Waals surface area (Å²) in [6.07, 6.45) is 15.7. The van der Waals surface area contributed by atoms with Crippen LogP contribution in [0.4, 0.5) is 17.6 Å². The summed E-state index contributed by atoms with van der Waals surface area (Å²) < 4.78 is 4.47. The summed E-state index contributed by atoms with van der Waals surface area (Å²) in [6, 6.07) is 16.3. The van der Waals surface area contributed by atoms with Gasteiger partial charge in [0.1, 0.15) is 12.1 Å². The van der Waals surface area contributed by atoms with Gasteiger partial charge in [-0.2, -0.15) is 10.1 Å². The minimum absolute atomic E-state index is 0.0359. The Morgan fingerprint density at radius 1 is 1.00 bits per heavy atom. The van der Waals surface area contributed by atoms with E-state index in [-0.39, 0.29) is 23.0 Å². The Bertz CT molecular complexity index is 2120. The van der Waals surface area contributed by atoms with E-state index < -0.39 is 0 Å². The number of amides is 2. The van der Waals surface area contributed by atoms with Gasteiger partial charge < -0.3 is 31.2 Å². The zero-order valence-electron chi connectivity index (χ0n) is 36.3. The molecular weight excluding hydrogens is 789 g/mol. The van der Waals surface area contributed by atoms with Crippen molar-refractivity contribution in [3.05, 3.63) is 65.4 Å². The second-order valence-corrected chi connectivity index (χ2v) is 19.0. The van der Waals surface area contributed by atoms with Crippen LogP contribution in [0.5, 0.6) is 0 Å². The van der Waals surface area contributed by atoms with Gasteiger partial charge in [-0.25, -0.2) is 9.29 Å². The van der Waals surface area contributed by atoms with Gasteiger partial charge in [0, 0.05) is 80.3 Å². The van der Waals surface area contributed by atoms with E-state index in [1.807, 2.05) is 36.9 Å². The van der Waals surface area contributed by atoms with E-state index in [2.05, 4.69) is 102 Å². The number of fused-ring (bicyclic) bond motifs is 3. The molecule has 2 amide bonds. The quantitative estimate of drug-likeness (QED) is 0.0578. The highest BCUT2D eigenvalue weighted by molar-refractivity contribution is 7.97. The largest absolute Gasteiger partial charge is 0.393 e. The van der Waals surface area contributed by atoms with Gasteiger partial charge in [0.2, 0.25) is 18.3 Å². The van der Waals surface area contributed by atoms with Crippen molar-refractivity contribution in [3.8, 4) is 0 Å². The fourth-order valence-electron chi connectivity index (χ4n) is 9.23. The first-order valence-corrected chi connectivity index (χ1v) is 22.9. The number of hydrogen-bond donors (Lipinski definition) is 5. The fraction of sp³-hybridized carbons (Fsp3) is 0.565. The summed E-state index contributed by atoms with van der Waals surface area (Å²) in [4.78, 5) is 44.5. The third kappa shape index (κ3) is 10.9. The number of anilines is 3. The summed E-state index contributed by atoms with van der Waals surface area (Å²) in [7, 11) is 3.96. The molecular formula is C46H64N10O4S. The highest BCUT2D eigenvalue weighted by Gasteiger charge is 2.57. The molecule has 1 spiro atoms. The van der Waals surface area contributed by atoms with Gasteiger partial charge in [0.05, 0.1) is 17.0 Å². The van der Waals surface area contributed by atoms with E-state index in [1.165, 1.54) is 46.2 Å². The predicted molar refractivity (Wildman–Crippen MR) is 243 cm³/mol. The van der Waals surface area contributed by atoms with Crippen LogP contribution in [0.25, 0.3) is 10.9 Å². The molecule has 0 bridgehead atoms. The molecule has 328 valence electrons. The van der Waals surface area contributed by atoms with Crippen LogP contribution in [-0.4, -0.2) is 104 Å². The number of carbonyl (C=O) groups excluding carboxylic acids is 3. The van der Waals surface area contributed by atoms with Crippen LogP contribution in [0.1, 0.15) is 114 Å². The summed E-state index contributed by atoms with van der Waals surface area (Å²) >= 11 is 1.87. The number of rotatable bonds is 12. The number of hydrogen-bond acceptors (Lipinski definition) is 12. The number of aromatic nitrogens is 4. The molecule has 15 heteroatoms. The second-order valence-electron chi connectivity index (χ2n) is 17.8. The number of aryl methyl sites for hydroxylation is 1. The summed E-state index contributed by atoms with van der Waals surface area (Å²) in [6.45, 7) is 9.32. The predicted octanol–water partition coefficient (Wildman–Crippen LogP) is 6.76. The lowest BCUT2D eigenvalue weighted by Crippen LogP contribution is -2.48. The van der Waals surface area contributed by atoms with Gasteiger partial charge in [-0.3, -0.25) is 19.2 Å². The number of aliphatic hydroxyl groups is 1. The average molecular weight is 853 g/mol. The molecule has 2 aromatic carbocycles. The van der Waals surface area contributed by atoms with Crippen LogP contribution in [0, 0.1) is 0 Å². The van der Waals surface area contributed by atoms with Crippen LogP contribution in [0.15, 0.2) is 53.6 Å². The molecule has 4 aromatic rings. The minimum atomic E-state index is -0.338. The zero-order valence-corrected chi connectivity index (χ0v) is 37.1. The number of piperidine rings is 2. The van der Waals surface area contributed by atoms with E-state index in [0.29, 0.717) is 43.1 Å². The Hall–Kier alpha value is -4.57. The molecule has 1 unspecified atom stereocenters. The molecule has 4 fully saturated rings. The molecule has 2 saturated heterocycles. The van der Waals surface area contributed by atoms with Crippen molar-refractivity contribution in [2.24, 2.45) is 7.05 Å². The molecule has 61 heavy (non-hydrogen) atoms. The van der Waals surface area contributed by atoms with E-state index in [4.69, 9.17) is 5.11 Å². The standard InChI is InChI=1S/C36H45N9OS.C6H12O.C4H7NO2/c1-35(2)20-25(24-8-9-28-30(19-24)43(4)42-31(28)37-3)10-15-44(35)22-23-6-5-7-27(18-23)47-45-16-11-26(12-17-45)39-34-38-21-29-32(41-34)40-33(46)36(29)13-14-36;7-6-4-2-1-3-5-6;6-3-1-2-5-4-7/h5-9,18-19,21,25-26H,10-17,20,22H2,1-4H3,(H,37,42)(H2,38,39,40,41,46);6-7H,1-5H2;3-4H,1-2H2,(H,5,7). The number of aldehydes is 1. The summed E-state index contributed by atoms with van der Waals surface area (Å²) in [5, 5.41) is 26.8. The van der Waals surface area contributed by atoms with E-state index in [9.17, 15) is 14.4 Å². The van der Waals surface area contributed by atoms with Crippen molar-refractivity contribution >= 4 is 59.0 Å². The Balaban J connectivity index is 0.000000343. The molecule has 5 heterocycles. The Morgan fingerprint density at radius 3 is 2.46 bits per heavy atom. The molecule has 9 rings (SSSR count). The lowest BCUT2D eigenvalue weighted by Gasteiger charge is -2.46. The molecule has 14 nitrogen and oxygen atoms in total. The van der Waals surface area contributed by atoms with Crippen molar-refractivity contribution in [3.63, 3.8) is 0 Å². The number of nitrogens with one attached hydrogen (secondary N) is 4. The molecule has 5 aliphatic rings. The first-order valence-electron chi connectivity index (χ1n) is 22.2. The highest BCUT2D eigenvalue weighted by atomic mass is 32.2. The van der Waals surface area contributed by atoms with Crippen molar-refractivity contribution in [2.75, 3.05) is 49.2 Å². The van der Waals surface area contributed by atoms with Crippen molar-refractivity contribution in [1.29, 1.82) is 0 Å². The lowest BCUT2D eigenvalue weighted by molar-refractivity contribution is -0.118. The highest BCUT2D eigenvalue weighted by Crippen LogP contribution is 2.54.